The van der Waals surface area contributed by atoms with Gasteiger partial charge in [-0.15, -0.1) is 23.5 Å². The number of fused-ring (bicyclic) bond motifs is 2. The predicted octanol–water partition coefficient (Wildman–Crippen LogP) is 7.07. The molecule has 4 atom stereocenters. The summed E-state index contributed by atoms with van der Waals surface area (Å²) < 4.78 is 16.0. The van der Waals surface area contributed by atoms with Crippen molar-refractivity contribution in [3.05, 3.63) is 142 Å². The molecule has 0 spiro atoms. The maximum Gasteiger partial charge on any atom is 0.407 e. The highest BCUT2D eigenvalue weighted by Gasteiger charge is 2.39. The Hall–Kier alpha value is -7.05. The van der Waals surface area contributed by atoms with E-state index in [0.717, 1.165) is 5.56 Å². The third kappa shape index (κ3) is 8.21. The highest BCUT2D eigenvalue weighted by atomic mass is 32.2. The van der Waals surface area contributed by atoms with E-state index in [4.69, 9.17) is 13.9 Å². The van der Waals surface area contributed by atoms with Crippen molar-refractivity contribution in [1.82, 2.24) is 40.4 Å². The molecule has 7 aromatic rings. The van der Waals surface area contributed by atoms with Gasteiger partial charge >= 0.3 is 12.2 Å². The fourth-order valence-corrected chi connectivity index (χ4v) is 10.2. The number of hydrogen-bond acceptors (Lipinski definition) is 12. The number of hydrogen-bond donors (Lipinski definition) is 4. The van der Waals surface area contributed by atoms with Crippen LogP contribution < -0.4 is 16.1 Å². The maximum atomic E-state index is 14.0. The van der Waals surface area contributed by atoms with Crippen molar-refractivity contribution in [3.8, 4) is 22.5 Å². The van der Waals surface area contributed by atoms with E-state index in [1.807, 2.05) is 24.3 Å². The Balaban J connectivity index is 0.940. The molecule has 0 bridgehead atoms. The van der Waals surface area contributed by atoms with Crippen LogP contribution in [0.25, 0.3) is 44.5 Å². The van der Waals surface area contributed by atoms with Crippen LogP contribution in [0.5, 0.6) is 0 Å². The maximum absolute atomic E-state index is 14.0. The summed E-state index contributed by atoms with van der Waals surface area (Å²) in [7, 11) is 2.51. The molecule has 2 aliphatic heterocycles. The number of nitrogens with one attached hydrogen (secondary N) is 4. The zero-order valence-corrected chi connectivity index (χ0v) is 35.5. The van der Waals surface area contributed by atoms with Gasteiger partial charge in [-0.2, -0.15) is 0 Å². The molecule has 63 heavy (non-hydrogen) atoms. The summed E-state index contributed by atoms with van der Waals surface area (Å²) in [5, 5.41) is 6.14. The number of alkyl carbamates (subject to hydrolysis) is 2. The summed E-state index contributed by atoms with van der Waals surface area (Å²) in [6.07, 6.45) is 1.94. The number of aromatic nitrogens is 4. The second-order valence-corrected chi connectivity index (χ2v) is 16.8. The molecule has 16 nitrogen and oxygen atoms in total. The number of carbonyl (C=O) groups excluding carboxylic acids is 4. The van der Waals surface area contributed by atoms with Gasteiger partial charge in [0.1, 0.15) is 34.9 Å². The third-order valence-electron chi connectivity index (χ3n) is 11.1. The smallest absolute Gasteiger partial charge is 0.407 e. The average Bonchev–Trinajstić information content (AvgIpc) is 4.17. The van der Waals surface area contributed by atoms with Gasteiger partial charge in [-0.25, -0.2) is 19.6 Å². The van der Waals surface area contributed by atoms with Crippen molar-refractivity contribution in [1.29, 1.82) is 0 Å². The average molecular weight is 885 g/mol. The van der Waals surface area contributed by atoms with Crippen molar-refractivity contribution in [3.63, 3.8) is 0 Å². The molecule has 3 aromatic heterocycles. The minimum Gasteiger partial charge on any atom is -0.456 e. The summed E-state index contributed by atoms with van der Waals surface area (Å²) in [5.41, 5.74) is 4.62. The fourth-order valence-electron chi connectivity index (χ4n) is 7.82. The molecule has 5 heterocycles. The largest absolute Gasteiger partial charge is 0.456 e. The molecule has 0 saturated carbocycles. The van der Waals surface area contributed by atoms with E-state index < -0.39 is 30.3 Å². The number of rotatable bonds is 10. The number of thioether (sulfide) groups is 2. The number of imidazole rings is 2. The Morgan fingerprint density at radius 3 is 1.67 bits per heavy atom. The Morgan fingerprint density at radius 1 is 0.667 bits per heavy atom. The predicted molar refractivity (Wildman–Crippen MR) is 238 cm³/mol. The lowest BCUT2D eigenvalue weighted by atomic mass is 10.0. The first kappa shape index (κ1) is 41.3. The van der Waals surface area contributed by atoms with E-state index in [1.54, 1.807) is 119 Å². The van der Waals surface area contributed by atoms with Gasteiger partial charge in [-0.1, -0.05) is 66.7 Å². The van der Waals surface area contributed by atoms with Crippen molar-refractivity contribution in [2.45, 2.75) is 24.2 Å². The lowest BCUT2D eigenvalue weighted by molar-refractivity contribution is -0.134. The van der Waals surface area contributed by atoms with E-state index in [0.29, 0.717) is 84.9 Å². The second kappa shape index (κ2) is 17.7. The van der Waals surface area contributed by atoms with Gasteiger partial charge in [-0.3, -0.25) is 14.4 Å². The third-order valence-corrected chi connectivity index (χ3v) is 13.1. The Kier molecular flexibility index (Phi) is 11.6. The SMILES string of the molecule is COC(=O)N[C@@H](C(=O)N1CSC[C@H]1c1ncc(-c2ccc3c(=O)c4cc(-c5cnc([C@@H]6CSCN6C(=O)[C@H](NC(=O)OC)c6ccccc6)[nH]5)ccc4oc3c2)[nH]1)c1ccccc1. The van der Waals surface area contributed by atoms with Crippen LogP contribution in [-0.2, 0) is 19.1 Å². The number of benzene rings is 4. The molecule has 4 N–H and O–H groups in total. The van der Waals surface area contributed by atoms with Crippen LogP contribution in [0.2, 0.25) is 0 Å². The van der Waals surface area contributed by atoms with Crippen LogP contribution in [0, 0.1) is 0 Å². The van der Waals surface area contributed by atoms with E-state index >= 15 is 0 Å². The monoisotopic (exact) mass is 884 g/mol. The summed E-state index contributed by atoms with van der Waals surface area (Å²) in [6, 6.07) is 26.0. The lowest BCUT2D eigenvalue weighted by Crippen LogP contribution is -2.43. The molecule has 2 aliphatic rings. The number of methoxy groups -OCH3 is 2. The van der Waals surface area contributed by atoms with Crippen molar-refractivity contribution >= 4 is 69.5 Å². The highest BCUT2D eigenvalue weighted by molar-refractivity contribution is 7.99. The van der Waals surface area contributed by atoms with Crippen LogP contribution in [0.15, 0.2) is 119 Å². The molecule has 0 aliphatic carbocycles. The number of ether oxygens (including phenoxy) is 2. The zero-order chi connectivity index (χ0) is 43.6. The first-order chi connectivity index (χ1) is 30.7. The fraction of sp³-hybridized carbons (Fsp3) is 0.222. The van der Waals surface area contributed by atoms with Crippen LogP contribution in [0.4, 0.5) is 9.59 Å². The van der Waals surface area contributed by atoms with Gasteiger partial charge in [0, 0.05) is 22.6 Å². The molecular formula is C45H40N8O8S2. The first-order valence-electron chi connectivity index (χ1n) is 19.9. The van der Waals surface area contributed by atoms with E-state index in [9.17, 15) is 24.0 Å². The number of amides is 4. The van der Waals surface area contributed by atoms with Crippen molar-refractivity contribution < 1.29 is 33.1 Å². The lowest BCUT2D eigenvalue weighted by Gasteiger charge is -2.27. The summed E-state index contributed by atoms with van der Waals surface area (Å²) in [6.45, 7) is 0. The number of nitrogens with zero attached hydrogens (tertiary/aromatic N) is 4. The normalized spacial score (nSPS) is 17.1. The van der Waals surface area contributed by atoms with Gasteiger partial charge < -0.3 is 44.3 Å². The van der Waals surface area contributed by atoms with Gasteiger partial charge in [0.2, 0.25) is 5.43 Å². The molecular weight excluding hydrogens is 845 g/mol. The van der Waals surface area contributed by atoms with Gasteiger partial charge in [0.05, 0.1) is 72.6 Å². The number of carbonyl (C=O) groups is 4. The van der Waals surface area contributed by atoms with E-state index in [-0.39, 0.29) is 23.3 Å². The molecule has 2 saturated heterocycles. The van der Waals surface area contributed by atoms with E-state index in [2.05, 4.69) is 30.6 Å². The molecule has 18 heteroatoms. The molecule has 2 fully saturated rings. The van der Waals surface area contributed by atoms with Crippen LogP contribution in [0.1, 0.15) is 46.9 Å². The standard InChI is InChI=1S/C45H40N8O8S2/c1-59-44(57)50-37(25-9-5-3-6-10-25)42(55)52-23-62-21-33(52)40-46-19-31(48-40)27-14-16-35-30(17-27)39(54)29-15-13-28(18-36(29)61-35)32-20-47-41(49-32)34-22-63-24-53(34)43(56)38(51-45(58)60-2)26-11-7-4-8-12-26/h3-20,33-34,37-38H,21-24H2,1-2H3,(H,46,48)(H,47,49)(H,50,57)(H,51,58)/t33-,34-,37+,38+/m0/s1. The highest BCUT2D eigenvalue weighted by Crippen LogP contribution is 2.37. The molecule has 0 unspecified atom stereocenters. The number of aromatic amines is 2. The van der Waals surface area contributed by atoms with Gasteiger partial charge in [0.25, 0.3) is 11.8 Å². The molecule has 0 radical (unpaired) electrons. The Morgan fingerprint density at radius 2 is 1.16 bits per heavy atom. The zero-order valence-electron chi connectivity index (χ0n) is 33.9. The first-order valence-corrected chi connectivity index (χ1v) is 22.2. The van der Waals surface area contributed by atoms with Gasteiger partial charge in [0.15, 0.2) is 0 Å². The van der Waals surface area contributed by atoms with Crippen molar-refractivity contribution in [2.24, 2.45) is 0 Å². The quantitative estimate of drug-likeness (QED) is 0.102. The Bertz CT molecular complexity index is 2910. The second-order valence-electron chi connectivity index (χ2n) is 14.8. The van der Waals surface area contributed by atoms with Crippen LogP contribution >= 0.6 is 23.5 Å². The topological polar surface area (TPSA) is 205 Å². The summed E-state index contributed by atoms with van der Waals surface area (Å²) in [4.78, 5) is 85.9. The molecule has 9 rings (SSSR count). The molecule has 4 aromatic carbocycles. The molecule has 4 amide bonds. The van der Waals surface area contributed by atoms with Crippen molar-refractivity contribution in [2.75, 3.05) is 37.5 Å². The summed E-state index contributed by atoms with van der Waals surface area (Å²) >= 11 is 3.17. The minimum atomic E-state index is -0.950. The van der Waals surface area contributed by atoms with Crippen LogP contribution in [0.3, 0.4) is 0 Å². The minimum absolute atomic E-state index is 0.204. The summed E-state index contributed by atoms with van der Waals surface area (Å²) in [5.74, 6) is 2.60. The molecule has 320 valence electrons. The Labute approximate surface area is 368 Å². The number of H-pyrrole nitrogens is 2. The van der Waals surface area contributed by atoms with Gasteiger partial charge in [-0.05, 0) is 41.5 Å². The van der Waals surface area contributed by atoms with E-state index in [1.165, 1.54) is 14.2 Å². The van der Waals surface area contributed by atoms with Crippen LogP contribution in [-0.4, -0.2) is 91.2 Å².